The van der Waals surface area contributed by atoms with Crippen molar-refractivity contribution in [2.75, 3.05) is 18.0 Å². The molecule has 1 saturated heterocycles. The summed E-state index contributed by atoms with van der Waals surface area (Å²) in [5, 5.41) is 6.01. The van der Waals surface area contributed by atoms with E-state index in [0.717, 1.165) is 5.69 Å². The number of amides is 3. The average molecular weight is 294 g/mol. The zero-order valence-electron chi connectivity index (χ0n) is 10.9. The molecule has 1 aliphatic rings. The Morgan fingerprint density at radius 3 is 2.80 bits per heavy atom. The summed E-state index contributed by atoms with van der Waals surface area (Å²) >= 11 is 5.82. The highest BCUT2D eigenvalue weighted by molar-refractivity contribution is 6.30. The molecule has 0 bridgehead atoms. The summed E-state index contributed by atoms with van der Waals surface area (Å²) in [6, 6.07) is 6.58. The summed E-state index contributed by atoms with van der Waals surface area (Å²) in [4.78, 5) is 25.2. The molecule has 2 N–H and O–H groups in total. The lowest BCUT2D eigenvalue weighted by molar-refractivity contribution is -0.117. The van der Waals surface area contributed by atoms with Crippen LogP contribution in [0.15, 0.2) is 36.9 Å². The zero-order valence-corrected chi connectivity index (χ0v) is 11.7. The third-order valence-corrected chi connectivity index (χ3v) is 3.26. The molecule has 106 valence electrons. The van der Waals surface area contributed by atoms with E-state index in [0.29, 0.717) is 24.5 Å². The van der Waals surface area contributed by atoms with Crippen molar-refractivity contribution in [1.29, 1.82) is 0 Å². The molecule has 3 amide bonds. The van der Waals surface area contributed by atoms with Crippen LogP contribution in [0, 0.1) is 0 Å². The standard InChI is InChI=1S/C14H16ClN3O2/c1-2-7-16-14(20)17-11-8-13(19)18(9-11)12-5-3-10(15)4-6-12/h2-6,11H,1,7-9H2,(H2,16,17,20)/t11-/m0/s1. The number of carbonyl (C=O) groups is 2. The first-order valence-electron chi connectivity index (χ1n) is 6.31. The lowest BCUT2D eigenvalue weighted by Crippen LogP contribution is -2.43. The van der Waals surface area contributed by atoms with Crippen LogP contribution in [0.5, 0.6) is 0 Å². The average Bonchev–Trinajstić information content (AvgIpc) is 2.78. The number of halogens is 1. The Labute approximate surface area is 122 Å². The van der Waals surface area contributed by atoms with Crippen LogP contribution in [0.1, 0.15) is 6.42 Å². The van der Waals surface area contributed by atoms with Crippen LogP contribution in [0.4, 0.5) is 10.5 Å². The fraction of sp³-hybridized carbons (Fsp3) is 0.286. The summed E-state index contributed by atoms with van der Waals surface area (Å²) in [5.74, 6) is -0.0126. The molecule has 1 fully saturated rings. The Kier molecular flexibility index (Phi) is 4.63. The van der Waals surface area contributed by atoms with Gasteiger partial charge in [-0.25, -0.2) is 4.79 Å². The van der Waals surface area contributed by atoms with Crippen molar-refractivity contribution in [2.45, 2.75) is 12.5 Å². The Balaban J connectivity index is 1.95. The molecule has 20 heavy (non-hydrogen) atoms. The van der Waals surface area contributed by atoms with E-state index in [-0.39, 0.29) is 18.0 Å². The van der Waals surface area contributed by atoms with Crippen molar-refractivity contribution in [1.82, 2.24) is 10.6 Å². The summed E-state index contributed by atoms with van der Waals surface area (Å²) in [5.41, 5.74) is 0.787. The highest BCUT2D eigenvalue weighted by Gasteiger charge is 2.31. The van der Waals surface area contributed by atoms with Crippen LogP contribution in [0.25, 0.3) is 0 Å². The Morgan fingerprint density at radius 1 is 1.45 bits per heavy atom. The number of nitrogens with zero attached hydrogens (tertiary/aromatic N) is 1. The number of carbonyl (C=O) groups excluding carboxylic acids is 2. The predicted octanol–water partition coefficient (Wildman–Crippen LogP) is 1.93. The van der Waals surface area contributed by atoms with Gasteiger partial charge in [0.15, 0.2) is 0 Å². The molecule has 1 atom stereocenters. The Morgan fingerprint density at radius 2 is 2.15 bits per heavy atom. The number of hydrogen-bond acceptors (Lipinski definition) is 2. The van der Waals surface area contributed by atoms with E-state index in [1.54, 1.807) is 35.2 Å². The van der Waals surface area contributed by atoms with Gasteiger partial charge in [0, 0.05) is 30.2 Å². The van der Waals surface area contributed by atoms with Gasteiger partial charge in [0.1, 0.15) is 0 Å². The van der Waals surface area contributed by atoms with Gasteiger partial charge in [0.05, 0.1) is 6.04 Å². The van der Waals surface area contributed by atoms with E-state index in [2.05, 4.69) is 17.2 Å². The molecule has 0 spiro atoms. The molecule has 1 aromatic carbocycles. The number of urea groups is 1. The molecule has 0 radical (unpaired) electrons. The molecule has 1 aromatic rings. The van der Waals surface area contributed by atoms with Crippen LogP contribution in [0.3, 0.4) is 0 Å². The molecule has 2 rings (SSSR count). The first kappa shape index (κ1) is 14.4. The third-order valence-electron chi connectivity index (χ3n) is 3.01. The molecule has 1 heterocycles. The summed E-state index contributed by atoms with van der Waals surface area (Å²) in [7, 11) is 0. The lowest BCUT2D eigenvalue weighted by atomic mass is 10.2. The first-order chi connectivity index (χ1) is 9.60. The van der Waals surface area contributed by atoms with Gasteiger partial charge in [-0.1, -0.05) is 17.7 Å². The topological polar surface area (TPSA) is 61.4 Å². The Bertz CT molecular complexity index is 516. The largest absolute Gasteiger partial charge is 0.335 e. The molecule has 6 heteroatoms. The van der Waals surface area contributed by atoms with Gasteiger partial charge in [0.2, 0.25) is 5.91 Å². The SMILES string of the molecule is C=CCNC(=O)N[C@H]1CC(=O)N(c2ccc(Cl)cc2)C1. The van der Waals surface area contributed by atoms with Gasteiger partial charge in [-0.15, -0.1) is 6.58 Å². The fourth-order valence-electron chi connectivity index (χ4n) is 2.08. The summed E-state index contributed by atoms with van der Waals surface area (Å²) in [6.45, 7) is 4.38. The number of nitrogens with one attached hydrogen (secondary N) is 2. The van der Waals surface area contributed by atoms with Crippen molar-refractivity contribution in [3.05, 3.63) is 41.9 Å². The molecular weight excluding hydrogens is 278 g/mol. The Hall–Kier alpha value is -2.01. The maximum atomic E-state index is 12.0. The molecule has 1 aliphatic heterocycles. The van der Waals surface area contributed by atoms with E-state index < -0.39 is 0 Å². The number of benzene rings is 1. The van der Waals surface area contributed by atoms with E-state index in [9.17, 15) is 9.59 Å². The first-order valence-corrected chi connectivity index (χ1v) is 6.69. The zero-order chi connectivity index (χ0) is 14.5. The molecular formula is C14H16ClN3O2. The van der Waals surface area contributed by atoms with Crippen molar-refractivity contribution in [3.63, 3.8) is 0 Å². The van der Waals surface area contributed by atoms with Gasteiger partial charge in [-0.05, 0) is 24.3 Å². The van der Waals surface area contributed by atoms with Crippen LogP contribution in [0.2, 0.25) is 5.02 Å². The molecule has 0 saturated carbocycles. The van der Waals surface area contributed by atoms with Gasteiger partial charge in [0.25, 0.3) is 0 Å². The second-order valence-corrected chi connectivity index (χ2v) is 4.96. The maximum absolute atomic E-state index is 12.0. The third kappa shape index (κ3) is 3.51. The van der Waals surface area contributed by atoms with Gasteiger partial charge in [-0.2, -0.15) is 0 Å². The minimum absolute atomic E-state index is 0.0126. The molecule has 5 nitrogen and oxygen atoms in total. The summed E-state index contributed by atoms with van der Waals surface area (Å²) < 4.78 is 0. The van der Waals surface area contributed by atoms with Crippen molar-refractivity contribution in [2.24, 2.45) is 0 Å². The van der Waals surface area contributed by atoms with Crippen molar-refractivity contribution < 1.29 is 9.59 Å². The predicted molar refractivity (Wildman–Crippen MR) is 78.9 cm³/mol. The normalized spacial score (nSPS) is 17.9. The van der Waals surface area contributed by atoms with Crippen LogP contribution >= 0.6 is 11.6 Å². The smallest absolute Gasteiger partial charge is 0.315 e. The minimum Gasteiger partial charge on any atom is -0.335 e. The monoisotopic (exact) mass is 293 g/mol. The minimum atomic E-state index is -0.291. The second-order valence-electron chi connectivity index (χ2n) is 4.52. The second kappa shape index (κ2) is 6.43. The number of hydrogen-bond donors (Lipinski definition) is 2. The summed E-state index contributed by atoms with van der Waals surface area (Å²) in [6.07, 6.45) is 1.89. The van der Waals surface area contributed by atoms with E-state index >= 15 is 0 Å². The van der Waals surface area contributed by atoms with Crippen LogP contribution in [-0.2, 0) is 4.79 Å². The van der Waals surface area contributed by atoms with Crippen molar-refractivity contribution in [3.8, 4) is 0 Å². The lowest BCUT2D eigenvalue weighted by Gasteiger charge is -2.17. The highest BCUT2D eigenvalue weighted by Crippen LogP contribution is 2.23. The number of rotatable bonds is 4. The molecule has 0 aliphatic carbocycles. The van der Waals surface area contributed by atoms with E-state index in [1.807, 2.05) is 0 Å². The van der Waals surface area contributed by atoms with Gasteiger partial charge in [-0.3, -0.25) is 4.79 Å². The molecule has 0 aromatic heterocycles. The van der Waals surface area contributed by atoms with Crippen LogP contribution < -0.4 is 15.5 Å². The van der Waals surface area contributed by atoms with Gasteiger partial charge >= 0.3 is 6.03 Å². The van der Waals surface area contributed by atoms with E-state index in [1.165, 1.54) is 0 Å². The van der Waals surface area contributed by atoms with Crippen LogP contribution in [-0.4, -0.2) is 31.1 Å². The fourth-order valence-corrected chi connectivity index (χ4v) is 2.20. The van der Waals surface area contributed by atoms with E-state index in [4.69, 9.17) is 11.6 Å². The van der Waals surface area contributed by atoms with Gasteiger partial charge < -0.3 is 15.5 Å². The highest BCUT2D eigenvalue weighted by atomic mass is 35.5. The quantitative estimate of drug-likeness (QED) is 0.833. The van der Waals surface area contributed by atoms with Crippen molar-refractivity contribution >= 4 is 29.2 Å². The number of anilines is 1. The molecule has 0 unspecified atom stereocenters. The maximum Gasteiger partial charge on any atom is 0.315 e.